The van der Waals surface area contributed by atoms with Crippen LogP contribution in [0.3, 0.4) is 0 Å². The van der Waals surface area contributed by atoms with Crippen LogP contribution in [0.4, 0.5) is 0 Å². The van der Waals surface area contributed by atoms with Gasteiger partial charge in [-0.2, -0.15) is 0 Å². The first-order valence-electron chi connectivity index (χ1n) is 11.8. The molecule has 0 atom stereocenters. The highest BCUT2D eigenvalue weighted by atomic mass is 32.3. The summed E-state index contributed by atoms with van der Waals surface area (Å²) in [4.78, 5) is 5.23. The molecule has 1 aliphatic rings. The maximum atomic E-state index is 6.31. The molecule has 0 aromatic heterocycles. The highest BCUT2D eigenvalue weighted by Gasteiger charge is 2.51. The van der Waals surface area contributed by atoms with Gasteiger partial charge in [-0.15, -0.1) is 10.0 Å². The van der Waals surface area contributed by atoms with Gasteiger partial charge >= 0.3 is 7.12 Å². The molecule has 0 N–H and O–H groups in total. The molecule has 0 aliphatic carbocycles. The third kappa shape index (κ3) is 3.80. The van der Waals surface area contributed by atoms with Crippen molar-refractivity contribution in [3.63, 3.8) is 0 Å². The van der Waals surface area contributed by atoms with Gasteiger partial charge in [0, 0.05) is 19.6 Å². The molecule has 0 amide bonds. The molecule has 172 valence electrons. The summed E-state index contributed by atoms with van der Waals surface area (Å²) in [6.45, 7) is 8.38. The van der Waals surface area contributed by atoms with E-state index in [4.69, 9.17) is 9.31 Å². The second kappa shape index (κ2) is 8.77. The zero-order chi connectivity index (χ0) is 23.8. The van der Waals surface area contributed by atoms with Gasteiger partial charge in [0.25, 0.3) is 0 Å². The van der Waals surface area contributed by atoms with Crippen molar-refractivity contribution in [1.29, 1.82) is 0 Å². The molecule has 0 spiro atoms. The maximum absolute atomic E-state index is 6.31. The van der Waals surface area contributed by atoms with E-state index >= 15 is 0 Å². The van der Waals surface area contributed by atoms with E-state index in [9.17, 15) is 0 Å². The minimum Gasteiger partial charge on any atom is -0.399 e. The predicted molar refractivity (Wildman–Crippen MR) is 142 cm³/mol. The van der Waals surface area contributed by atoms with Crippen molar-refractivity contribution >= 4 is 22.6 Å². The third-order valence-electron chi connectivity index (χ3n) is 7.05. The fourth-order valence-corrected chi connectivity index (χ4v) is 8.37. The lowest BCUT2D eigenvalue weighted by Gasteiger charge is -2.42. The summed E-state index contributed by atoms with van der Waals surface area (Å²) in [5.74, 6) is 0. The second-order valence-corrected chi connectivity index (χ2v) is 12.8. The Balaban J connectivity index is 1.68. The zero-order valence-electron chi connectivity index (χ0n) is 20.3. The Morgan fingerprint density at radius 3 is 1.15 bits per heavy atom. The van der Waals surface area contributed by atoms with Crippen LogP contribution in [0.25, 0.3) is 0 Å². The smallest absolute Gasteiger partial charge is 0.399 e. The van der Waals surface area contributed by atoms with Gasteiger partial charge in [-0.25, -0.2) is 0 Å². The van der Waals surface area contributed by atoms with Crippen LogP contribution in [0, 0.1) is 0 Å². The third-order valence-corrected chi connectivity index (χ3v) is 11.0. The molecule has 4 heteroatoms. The second-order valence-electron chi connectivity index (χ2n) is 9.71. The molecule has 0 radical (unpaired) electrons. The Hall–Kier alpha value is -2.79. The fraction of sp³-hybridized carbons (Fsp3) is 0.200. The molecule has 1 saturated heterocycles. The van der Waals surface area contributed by atoms with E-state index in [0.717, 1.165) is 5.46 Å². The van der Waals surface area contributed by atoms with Crippen LogP contribution in [0.15, 0.2) is 135 Å². The van der Waals surface area contributed by atoms with Crippen molar-refractivity contribution in [3.8, 4) is 0 Å². The molecule has 4 aromatic carbocycles. The molecule has 4 aromatic rings. The monoisotopic (exact) mass is 466 g/mol. The van der Waals surface area contributed by atoms with E-state index in [1.165, 1.54) is 19.6 Å². The van der Waals surface area contributed by atoms with E-state index in [2.05, 4.69) is 143 Å². The molecule has 1 aliphatic heterocycles. The van der Waals surface area contributed by atoms with Crippen LogP contribution in [-0.4, -0.2) is 18.3 Å². The van der Waals surface area contributed by atoms with Crippen molar-refractivity contribution in [1.82, 2.24) is 0 Å². The fourth-order valence-electron chi connectivity index (χ4n) is 4.50. The first-order chi connectivity index (χ1) is 16.3. The molecule has 34 heavy (non-hydrogen) atoms. The van der Waals surface area contributed by atoms with Gasteiger partial charge in [0.2, 0.25) is 0 Å². The van der Waals surface area contributed by atoms with Gasteiger partial charge in [0.05, 0.1) is 11.2 Å². The first kappa shape index (κ1) is 23.0. The highest BCUT2D eigenvalue weighted by Crippen LogP contribution is 2.73. The van der Waals surface area contributed by atoms with Crippen molar-refractivity contribution < 1.29 is 9.31 Å². The SMILES string of the molecule is CC1(C)OB(c2ccc(S(c3ccccc3)(c3ccccc3)c3ccccc3)cc2)OC1(C)C. The van der Waals surface area contributed by atoms with Crippen molar-refractivity contribution in [2.45, 2.75) is 58.5 Å². The molecule has 2 nitrogen and oxygen atoms in total. The number of benzene rings is 4. The molecule has 5 rings (SSSR count). The largest absolute Gasteiger partial charge is 0.494 e. The number of hydrogen-bond acceptors (Lipinski definition) is 2. The zero-order valence-corrected chi connectivity index (χ0v) is 21.1. The van der Waals surface area contributed by atoms with Gasteiger partial charge in [-0.3, -0.25) is 0 Å². The predicted octanol–water partition coefficient (Wildman–Crippen LogP) is 7.33. The summed E-state index contributed by atoms with van der Waals surface area (Å²) in [5, 5.41) is 0. The van der Waals surface area contributed by atoms with Crippen LogP contribution in [0.5, 0.6) is 0 Å². The standard InChI is InChI=1S/C30H31BO2S/c1-29(2)30(3,4)33-31(32-29)24-20-22-28(23-21-24)34(25-14-8-5-9-15-25,26-16-10-6-11-17-26)27-18-12-7-13-19-27/h5-23H,1-4H3. The van der Waals surface area contributed by atoms with Gasteiger partial charge in [0.1, 0.15) is 0 Å². The van der Waals surface area contributed by atoms with E-state index in [-0.39, 0.29) is 18.3 Å². The van der Waals surface area contributed by atoms with E-state index in [1.807, 2.05) is 0 Å². The van der Waals surface area contributed by atoms with Gasteiger partial charge in [0.15, 0.2) is 0 Å². The highest BCUT2D eigenvalue weighted by molar-refractivity contribution is 8.34. The quantitative estimate of drug-likeness (QED) is 0.287. The molecule has 0 bridgehead atoms. The lowest BCUT2D eigenvalue weighted by molar-refractivity contribution is 0.00578. The van der Waals surface area contributed by atoms with Crippen LogP contribution in [-0.2, 0) is 9.31 Å². The summed E-state index contributed by atoms with van der Waals surface area (Å²) in [6, 6.07) is 41.6. The Morgan fingerprint density at radius 1 is 0.471 bits per heavy atom. The summed E-state index contributed by atoms with van der Waals surface area (Å²) >= 11 is 0. The van der Waals surface area contributed by atoms with Crippen molar-refractivity contribution in [2.75, 3.05) is 0 Å². The van der Waals surface area contributed by atoms with Crippen molar-refractivity contribution in [2.24, 2.45) is 0 Å². The molecule has 0 saturated carbocycles. The van der Waals surface area contributed by atoms with E-state index in [0.29, 0.717) is 0 Å². The topological polar surface area (TPSA) is 18.5 Å². The van der Waals surface area contributed by atoms with E-state index < -0.39 is 10.0 Å². The van der Waals surface area contributed by atoms with Crippen LogP contribution in [0.2, 0.25) is 0 Å². The molecule has 0 unspecified atom stereocenters. The number of hydrogen-bond donors (Lipinski definition) is 0. The summed E-state index contributed by atoms with van der Waals surface area (Å²) in [7, 11) is -2.05. The molecular formula is C30H31BO2S. The summed E-state index contributed by atoms with van der Waals surface area (Å²) < 4.78 is 12.6. The lowest BCUT2D eigenvalue weighted by Crippen LogP contribution is -2.41. The average Bonchev–Trinajstić information content (AvgIpc) is 3.09. The van der Waals surface area contributed by atoms with Crippen molar-refractivity contribution in [3.05, 3.63) is 115 Å². The lowest BCUT2D eigenvalue weighted by atomic mass is 9.79. The Morgan fingerprint density at radius 2 is 0.794 bits per heavy atom. The van der Waals surface area contributed by atoms with Crippen LogP contribution < -0.4 is 5.46 Å². The number of rotatable bonds is 5. The Labute approximate surface area is 205 Å². The summed E-state index contributed by atoms with van der Waals surface area (Å²) in [5.41, 5.74) is 0.331. The minimum absolute atomic E-state index is 0.358. The molecular weight excluding hydrogens is 435 g/mol. The Kier molecular flexibility index (Phi) is 5.93. The Bertz CT molecular complexity index is 1130. The van der Waals surface area contributed by atoms with Crippen LogP contribution >= 0.6 is 10.0 Å². The minimum atomic E-state index is -1.68. The van der Waals surface area contributed by atoms with Crippen LogP contribution in [0.1, 0.15) is 27.7 Å². The normalized spacial score (nSPS) is 17.5. The van der Waals surface area contributed by atoms with Gasteiger partial charge < -0.3 is 9.31 Å². The van der Waals surface area contributed by atoms with Gasteiger partial charge in [-0.1, -0.05) is 66.7 Å². The van der Waals surface area contributed by atoms with E-state index in [1.54, 1.807) is 0 Å². The first-order valence-corrected chi connectivity index (χ1v) is 13.4. The molecule has 1 heterocycles. The molecule has 1 fully saturated rings. The van der Waals surface area contributed by atoms with Gasteiger partial charge in [-0.05, 0) is 81.7 Å². The summed E-state index contributed by atoms with van der Waals surface area (Å²) in [6.07, 6.45) is 0. The maximum Gasteiger partial charge on any atom is 0.494 e. The average molecular weight is 466 g/mol.